The van der Waals surface area contributed by atoms with Gasteiger partial charge in [-0.1, -0.05) is 17.4 Å². The summed E-state index contributed by atoms with van der Waals surface area (Å²) >= 11 is 1.30. The molecule has 0 N–H and O–H groups in total. The van der Waals surface area contributed by atoms with E-state index in [-0.39, 0.29) is 12.2 Å². The Kier molecular flexibility index (Phi) is 5.99. The van der Waals surface area contributed by atoms with Crippen LogP contribution in [-0.2, 0) is 20.9 Å². The van der Waals surface area contributed by atoms with Crippen molar-refractivity contribution in [2.24, 2.45) is 4.99 Å². The number of aromatic nitrogens is 1. The molecule has 0 aliphatic rings. The number of hydrogen-bond donors (Lipinski definition) is 0. The number of esters is 1. The van der Waals surface area contributed by atoms with Gasteiger partial charge in [0.15, 0.2) is 4.80 Å². The molecule has 1 heterocycles. The van der Waals surface area contributed by atoms with E-state index in [9.17, 15) is 19.7 Å². The smallest absolute Gasteiger partial charge is 0.325 e. The summed E-state index contributed by atoms with van der Waals surface area (Å²) in [4.78, 5) is 38.8. The number of nitro groups is 1. The highest BCUT2D eigenvalue weighted by molar-refractivity contribution is 7.16. The fourth-order valence-electron chi connectivity index (χ4n) is 2.62. The number of nitro benzene ring substituents is 1. The van der Waals surface area contributed by atoms with Gasteiger partial charge in [0, 0.05) is 18.2 Å². The first-order chi connectivity index (χ1) is 13.9. The van der Waals surface area contributed by atoms with E-state index in [1.54, 1.807) is 16.7 Å². The van der Waals surface area contributed by atoms with Crippen LogP contribution in [0.15, 0.2) is 53.5 Å². The summed E-state index contributed by atoms with van der Waals surface area (Å²) in [6.45, 7) is 1.90. The first-order valence-corrected chi connectivity index (χ1v) is 9.37. The van der Waals surface area contributed by atoms with Crippen LogP contribution in [0.25, 0.3) is 16.3 Å². The minimum atomic E-state index is -0.509. The molecule has 8 nitrogen and oxygen atoms in total. The maximum Gasteiger partial charge on any atom is 0.325 e. The molecule has 0 saturated carbocycles. The van der Waals surface area contributed by atoms with Crippen LogP contribution >= 0.6 is 11.3 Å². The van der Waals surface area contributed by atoms with Crippen molar-refractivity contribution in [1.29, 1.82) is 0 Å². The van der Waals surface area contributed by atoms with Crippen molar-refractivity contribution in [3.8, 4) is 0 Å². The molecular formula is C20H17N3O5S. The molecule has 0 saturated heterocycles. The maximum absolute atomic E-state index is 12.3. The van der Waals surface area contributed by atoms with Gasteiger partial charge in [-0.3, -0.25) is 19.7 Å². The number of hydrogen-bond acceptors (Lipinski definition) is 6. The van der Waals surface area contributed by atoms with Crippen LogP contribution in [0.3, 0.4) is 0 Å². The van der Waals surface area contributed by atoms with Crippen molar-refractivity contribution >= 4 is 45.2 Å². The van der Waals surface area contributed by atoms with Crippen LogP contribution in [0.1, 0.15) is 11.1 Å². The topological polar surface area (TPSA) is 104 Å². The highest BCUT2D eigenvalue weighted by atomic mass is 32.1. The summed E-state index contributed by atoms with van der Waals surface area (Å²) in [5.41, 5.74) is 2.45. The zero-order valence-electron chi connectivity index (χ0n) is 15.7. The Labute approximate surface area is 169 Å². The van der Waals surface area contributed by atoms with E-state index in [0.717, 1.165) is 15.8 Å². The molecule has 1 aromatic heterocycles. The van der Waals surface area contributed by atoms with Crippen molar-refractivity contribution in [2.75, 3.05) is 7.11 Å². The van der Waals surface area contributed by atoms with E-state index in [0.29, 0.717) is 10.4 Å². The number of rotatable bonds is 5. The van der Waals surface area contributed by atoms with E-state index in [1.807, 2.05) is 25.1 Å². The third-order valence-electron chi connectivity index (χ3n) is 4.08. The highest BCUT2D eigenvalue weighted by Crippen LogP contribution is 2.19. The minimum Gasteiger partial charge on any atom is -0.468 e. The van der Waals surface area contributed by atoms with Gasteiger partial charge in [-0.25, -0.2) is 0 Å². The minimum absolute atomic E-state index is 0.0254. The number of ether oxygens (including phenoxy) is 1. The second-order valence-electron chi connectivity index (χ2n) is 6.15. The molecular weight excluding hydrogens is 394 g/mol. The average molecular weight is 411 g/mol. The Morgan fingerprint density at radius 1 is 1.24 bits per heavy atom. The summed E-state index contributed by atoms with van der Waals surface area (Å²) in [6, 6.07) is 11.6. The number of nitrogens with zero attached hydrogens (tertiary/aromatic N) is 3. The van der Waals surface area contributed by atoms with E-state index in [2.05, 4.69) is 4.99 Å². The standard InChI is InChI=1S/C20H17N3O5S/c1-13-3-9-16-17(11-13)29-20(22(16)12-19(25)28-2)21-18(24)10-6-14-4-7-15(8-5-14)23(26)27/h3-11H,12H2,1-2H3/b10-6-,21-20?. The summed E-state index contributed by atoms with van der Waals surface area (Å²) in [5.74, 6) is -0.953. The molecule has 9 heteroatoms. The van der Waals surface area contributed by atoms with Crippen molar-refractivity contribution in [1.82, 2.24) is 4.57 Å². The SMILES string of the molecule is COC(=O)Cn1c(=NC(=O)/C=C\c2ccc([N+](=O)[O-])cc2)sc2cc(C)ccc21. The second kappa shape index (κ2) is 8.61. The quantitative estimate of drug-likeness (QED) is 0.277. The Hall–Kier alpha value is -3.59. The van der Waals surface area contributed by atoms with Crippen molar-refractivity contribution < 1.29 is 19.2 Å². The molecule has 0 radical (unpaired) electrons. The van der Waals surface area contributed by atoms with Gasteiger partial charge in [-0.15, -0.1) is 0 Å². The lowest BCUT2D eigenvalue weighted by Crippen LogP contribution is -2.22. The predicted octanol–water partition coefficient (Wildman–Crippen LogP) is 3.23. The lowest BCUT2D eigenvalue weighted by molar-refractivity contribution is -0.384. The molecule has 3 aromatic rings. The summed E-state index contributed by atoms with van der Waals surface area (Å²) in [5, 5.41) is 10.7. The van der Waals surface area contributed by atoms with Crippen molar-refractivity contribution in [2.45, 2.75) is 13.5 Å². The number of thiazole rings is 1. The van der Waals surface area contributed by atoms with E-state index in [4.69, 9.17) is 4.74 Å². The lowest BCUT2D eigenvalue weighted by atomic mass is 10.2. The summed E-state index contributed by atoms with van der Waals surface area (Å²) in [7, 11) is 1.30. The molecule has 1 amide bonds. The first kappa shape index (κ1) is 20.2. The number of carbonyl (C=O) groups excluding carboxylic acids is 2. The Morgan fingerprint density at radius 2 is 1.97 bits per heavy atom. The van der Waals surface area contributed by atoms with Crippen LogP contribution < -0.4 is 4.80 Å². The van der Waals surface area contributed by atoms with Crippen LogP contribution in [0.4, 0.5) is 5.69 Å². The lowest BCUT2D eigenvalue weighted by Gasteiger charge is -2.03. The van der Waals surface area contributed by atoms with E-state index < -0.39 is 16.8 Å². The number of benzene rings is 2. The normalized spacial score (nSPS) is 11.9. The van der Waals surface area contributed by atoms with E-state index >= 15 is 0 Å². The van der Waals surface area contributed by atoms with Gasteiger partial charge in [0.25, 0.3) is 11.6 Å². The monoisotopic (exact) mass is 411 g/mol. The molecule has 0 fully saturated rings. The number of amides is 1. The third kappa shape index (κ3) is 4.82. The zero-order valence-corrected chi connectivity index (χ0v) is 16.5. The first-order valence-electron chi connectivity index (χ1n) is 8.55. The molecule has 29 heavy (non-hydrogen) atoms. The maximum atomic E-state index is 12.3. The molecule has 148 valence electrons. The summed E-state index contributed by atoms with van der Waals surface area (Å²) < 4.78 is 7.29. The van der Waals surface area contributed by atoms with Crippen LogP contribution in [0.2, 0.25) is 0 Å². The highest BCUT2D eigenvalue weighted by Gasteiger charge is 2.11. The predicted molar refractivity (Wildman–Crippen MR) is 109 cm³/mol. The van der Waals surface area contributed by atoms with Crippen molar-refractivity contribution in [3.63, 3.8) is 0 Å². The Balaban J connectivity index is 1.93. The average Bonchev–Trinajstić information content (AvgIpc) is 3.02. The second-order valence-corrected chi connectivity index (χ2v) is 7.16. The molecule has 2 aromatic carbocycles. The molecule has 0 atom stereocenters. The molecule has 0 aliphatic carbocycles. The van der Waals surface area contributed by atoms with Gasteiger partial charge in [0.1, 0.15) is 6.54 Å². The van der Waals surface area contributed by atoms with Gasteiger partial charge >= 0.3 is 5.97 Å². The third-order valence-corrected chi connectivity index (χ3v) is 5.12. The van der Waals surface area contributed by atoms with E-state index in [1.165, 1.54) is 42.7 Å². The molecule has 0 unspecified atom stereocenters. The van der Waals surface area contributed by atoms with Crippen LogP contribution in [0, 0.1) is 17.0 Å². The summed E-state index contributed by atoms with van der Waals surface area (Å²) in [6.07, 6.45) is 2.80. The number of aryl methyl sites for hydroxylation is 1. The zero-order chi connectivity index (χ0) is 21.0. The number of non-ortho nitro benzene ring substituents is 1. The van der Waals surface area contributed by atoms with Gasteiger partial charge < -0.3 is 9.30 Å². The van der Waals surface area contributed by atoms with Gasteiger partial charge in [-0.2, -0.15) is 4.99 Å². The number of methoxy groups -OCH3 is 1. The van der Waals surface area contributed by atoms with Gasteiger partial charge in [0.2, 0.25) is 0 Å². The van der Waals surface area contributed by atoms with Crippen LogP contribution in [0.5, 0.6) is 0 Å². The molecule has 0 spiro atoms. The molecule has 0 aliphatic heterocycles. The largest absolute Gasteiger partial charge is 0.468 e. The molecule has 0 bridgehead atoms. The van der Waals surface area contributed by atoms with Gasteiger partial charge in [-0.05, 0) is 48.4 Å². The van der Waals surface area contributed by atoms with Crippen molar-refractivity contribution in [3.05, 3.63) is 74.6 Å². The number of fused-ring (bicyclic) bond motifs is 1. The van der Waals surface area contributed by atoms with Crippen LogP contribution in [-0.4, -0.2) is 28.5 Å². The van der Waals surface area contributed by atoms with Gasteiger partial charge in [0.05, 0.1) is 22.2 Å². The fraction of sp³-hybridized carbons (Fsp3) is 0.150. The number of carbonyl (C=O) groups is 2. The Morgan fingerprint density at radius 3 is 2.62 bits per heavy atom. The molecule has 3 rings (SSSR count). The fourth-order valence-corrected chi connectivity index (χ4v) is 3.75. The Bertz CT molecular complexity index is 1190.